The number of carbonyl (C=O) groups is 1. The van der Waals surface area contributed by atoms with Crippen molar-refractivity contribution in [3.8, 4) is 0 Å². The number of oxazole rings is 1. The Kier molecular flexibility index (Phi) is 4.31. The van der Waals surface area contributed by atoms with Crippen LogP contribution in [0.3, 0.4) is 0 Å². The zero-order valence-electron chi connectivity index (χ0n) is 11.7. The first-order valence-corrected chi connectivity index (χ1v) is 7.89. The van der Waals surface area contributed by atoms with Crippen molar-refractivity contribution in [3.63, 3.8) is 0 Å². The molecular weight excluding hydrogens is 322 g/mol. The molecule has 3 rings (SSSR count). The summed E-state index contributed by atoms with van der Waals surface area (Å²) in [5, 5.41) is 3.87. The van der Waals surface area contributed by atoms with Gasteiger partial charge in [-0.3, -0.25) is 4.79 Å². The molecule has 1 N–H and O–H groups in total. The van der Waals surface area contributed by atoms with E-state index in [9.17, 15) is 4.79 Å². The van der Waals surface area contributed by atoms with Gasteiger partial charge in [-0.2, -0.15) is 4.98 Å². The molecule has 2 aromatic heterocycles. The standard InChI is InChI=1S/C15H12ClN3O2S/c1-9-10(16)4-2-5-11(9)18-13(20)8-22-15-19-14-12(21-15)6-3-7-17-14/h2-7H,8H2,1H3,(H,18,20). The van der Waals surface area contributed by atoms with Gasteiger partial charge in [0.2, 0.25) is 5.91 Å². The smallest absolute Gasteiger partial charge is 0.258 e. The Bertz CT molecular complexity index is 802. The predicted molar refractivity (Wildman–Crippen MR) is 87.3 cm³/mol. The summed E-state index contributed by atoms with van der Waals surface area (Å²) in [5.41, 5.74) is 2.69. The van der Waals surface area contributed by atoms with E-state index in [2.05, 4.69) is 15.3 Å². The number of anilines is 1. The van der Waals surface area contributed by atoms with Gasteiger partial charge in [-0.05, 0) is 36.8 Å². The predicted octanol–water partition coefficient (Wildman–Crippen LogP) is 3.92. The lowest BCUT2D eigenvalue weighted by atomic mass is 10.2. The maximum absolute atomic E-state index is 12.0. The van der Waals surface area contributed by atoms with Crippen LogP contribution in [0.25, 0.3) is 11.2 Å². The lowest BCUT2D eigenvalue weighted by molar-refractivity contribution is -0.113. The SMILES string of the molecule is Cc1c(Cl)cccc1NC(=O)CSc1nc2ncccc2o1. The number of carbonyl (C=O) groups excluding carboxylic acids is 1. The van der Waals surface area contributed by atoms with Gasteiger partial charge in [0.1, 0.15) is 0 Å². The number of halogens is 1. The molecule has 0 radical (unpaired) electrons. The molecule has 5 nitrogen and oxygen atoms in total. The van der Waals surface area contributed by atoms with Gasteiger partial charge in [-0.1, -0.05) is 29.4 Å². The van der Waals surface area contributed by atoms with Gasteiger partial charge in [-0.15, -0.1) is 0 Å². The van der Waals surface area contributed by atoms with Gasteiger partial charge < -0.3 is 9.73 Å². The Balaban J connectivity index is 1.63. The number of hydrogen-bond donors (Lipinski definition) is 1. The molecule has 0 aliphatic carbocycles. The first-order valence-electron chi connectivity index (χ1n) is 6.53. The monoisotopic (exact) mass is 333 g/mol. The maximum Gasteiger partial charge on any atom is 0.258 e. The van der Waals surface area contributed by atoms with E-state index in [0.717, 1.165) is 5.56 Å². The van der Waals surface area contributed by atoms with Crippen molar-refractivity contribution in [2.45, 2.75) is 12.1 Å². The molecule has 1 amide bonds. The van der Waals surface area contributed by atoms with Crippen LogP contribution < -0.4 is 5.32 Å². The molecule has 1 aromatic carbocycles. The number of amides is 1. The molecule has 2 heterocycles. The summed E-state index contributed by atoms with van der Waals surface area (Å²) >= 11 is 7.25. The van der Waals surface area contributed by atoms with E-state index >= 15 is 0 Å². The van der Waals surface area contributed by atoms with Crippen LogP contribution in [-0.4, -0.2) is 21.6 Å². The van der Waals surface area contributed by atoms with Crippen molar-refractivity contribution in [3.05, 3.63) is 47.1 Å². The third kappa shape index (κ3) is 3.23. The summed E-state index contributed by atoms with van der Waals surface area (Å²) in [5.74, 6) is 0.0456. The fourth-order valence-corrected chi connectivity index (χ4v) is 2.67. The summed E-state index contributed by atoms with van der Waals surface area (Å²) in [4.78, 5) is 20.3. The first-order chi connectivity index (χ1) is 10.6. The average Bonchev–Trinajstić information content (AvgIpc) is 2.93. The summed E-state index contributed by atoms with van der Waals surface area (Å²) in [6, 6.07) is 8.95. The number of aromatic nitrogens is 2. The van der Waals surface area contributed by atoms with Crippen LogP contribution in [0.2, 0.25) is 5.02 Å². The Labute approximate surface area is 136 Å². The molecule has 0 spiro atoms. The van der Waals surface area contributed by atoms with Crippen LogP contribution in [0.15, 0.2) is 46.2 Å². The minimum absolute atomic E-state index is 0.148. The van der Waals surface area contributed by atoms with Crippen LogP contribution in [0.5, 0.6) is 0 Å². The molecule has 112 valence electrons. The van der Waals surface area contributed by atoms with Gasteiger partial charge in [0, 0.05) is 16.9 Å². The van der Waals surface area contributed by atoms with E-state index in [-0.39, 0.29) is 11.7 Å². The summed E-state index contributed by atoms with van der Waals surface area (Å²) < 4.78 is 5.50. The lowest BCUT2D eigenvalue weighted by Crippen LogP contribution is -2.14. The zero-order valence-corrected chi connectivity index (χ0v) is 13.2. The highest BCUT2D eigenvalue weighted by atomic mass is 35.5. The fourth-order valence-electron chi connectivity index (χ4n) is 1.87. The second-order valence-electron chi connectivity index (χ2n) is 4.55. The largest absolute Gasteiger partial charge is 0.430 e. The van der Waals surface area contributed by atoms with Gasteiger partial charge in [0.25, 0.3) is 5.22 Å². The lowest BCUT2D eigenvalue weighted by Gasteiger charge is -2.08. The van der Waals surface area contributed by atoms with Crippen LogP contribution in [0, 0.1) is 6.92 Å². The van der Waals surface area contributed by atoms with E-state index in [1.165, 1.54) is 11.8 Å². The highest BCUT2D eigenvalue weighted by Gasteiger charge is 2.11. The molecule has 0 atom stereocenters. The molecule has 0 fully saturated rings. The van der Waals surface area contributed by atoms with Crippen molar-refractivity contribution in [1.82, 2.24) is 9.97 Å². The Morgan fingerprint density at radius 1 is 1.36 bits per heavy atom. The molecule has 0 bridgehead atoms. The second kappa shape index (κ2) is 6.37. The van der Waals surface area contributed by atoms with Crippen LogP contribution in [0.1, 0.15) is 5.56 Å². The topological polar surface area (TPSA) is 68.0 Å². The number of hydrogen-bond acceptors (Lipinski definition) is 5. The number of pyridine rings is 1. The number of nitrogens with zero attached hydrogens (tertiary/aromatic N) is 2. The van der Waals surface area contributed by atoms with Gasteiger partial charge in [0.15, 0.2) is 11.2 Å². The normalized spacial score (nSPS) is 10.8. The van der Waals surface area contributed by atoms with Crippen LogP contribution >= 0.6 is 23.4 Å². The van der Waals surface area contributed by atoms with Crippen molar-refractivity contribution in [2.75, 3.05) is 11.1 Å². The molecule has 0 aliphatic heterocycles. The summed E-state index contributed by atoms with van der Waals surface area (Å²) in [7, 11) is 0. The van der Waals surface area contributed by atoms with Crippen molar-refractivity contribution in [2.24, 2.45) is 0 Å². The highest BCUT2D eigenvalue weighted by molar-refractivity contribution is 7.99. The van der Waals surface area contributed by atoms with E-state index < -0.39 is 0 Å². The van der Waals surface area contributed by atoms with Crippen LogP contribution in [0.4, 0.5) is 5.69 Å². The summed E-state index contributed by atoms with van der Waals surface area (Å²) in [6.07, 6.45) is 1.65. The molecular formula is C15H12ClN3O2S. The van der Waals surface area contributed by atoms with E-state index in [0.29, 0.717) is 27.2 Å². The third-order valence-corrected chi connectivity index (χ3v) is 4.25. The first kappa shape index (κ1) is 14.9. The summed E-state index contributed by atoms with van der Waals surface area (Å²) in [6.45, 7) is 1.86. The number of thioether (sulfide) groups is 1. The molecule has 0 unspecified atom stereocenters. The van der Waals surface area contributed by atoms with E-state index in [1.807, 2.05) is 13.0 Å². The molecule has 7 heteroatoms. The Morgan fingerprint density at radius 3 is 3.05 bits per heavy atom. The fraction of sp³-hybridized carbons (Fsp3) is 0.133. The molecule has 22 heavy (non-hydrogen) atoms. The number of nitrogens with one attached hydrogen (secondary N) is 1. The van der Waals surface area contributed by atoms with E-state index in [1.54, 1.807) is 30.5 Å². The van der Waals surface area contributed by atoms with Crippen molar-refractivity contribution >= 4 is 46.2 Å². The molecule has 0 aliphatic rings. The Hall–Kier alpha value is -2.05. The van der Waals surface area contributed by atoms with Gasteiger partial charge in [0.05, 0.1) is 5.75 Å². The maximum atomic E-state index is 12.0. The minimum atomic E-state index is -0.148. The van der Waals surface area contributed by atoms with Gasteiger partial charge >= 0.3 is 0 Å². The number of benzene rings is 1. The zero-order chi connectivity index (χ0) is 15.5. The number of fused-ring (bicyclic) bond motifs is 1. The third-order valence-electron chi connectivity index (χ3n) is 3.01. The molecule has 0 saturated carbocycles. The second-order valence-corrected chi connectivity index (χ2v) is 5.89. The Morgan fingerprint density at radius 2 is 2.23 bits per heavy atom. The number of rotatable bonds is 4. The minimum Gasteiger partial charge on any atom is -0.430 e. The average molecular weight is 334 g/mol. The quantitative estimate of drug-likeness (QED) is 0.733. The van der Waals surface area contributed by atoms with Crippen molar-refractivity contribution in [1.29, 1.82) is 0 Å². The molecule has 3 aromatic rings. The van der Waals surface area contributed by atoms with Crippen molar-refractivity contribution < 1.29 is 9.21 Å². The van der Waals surface area contributed by atoms with Gasteiger partial charge in [-0.25, -0.2) is 4.98 Å². The molecule has 0 saturated heterocycles. The van der Waals surface area contributed by atoms with Crippen LogP contribution in [-0.2, 0) is 4.79 Å². The van der Waals surface area contributed by atoms with E-state index in [4.69, 9.17) is 16.0 Å². The highest BCUT2D eigenvalue weighted by Crippen LogP contribution is 2.24.